The predicted octanol–water partition coefficient (Wildman–Crippen LogP) is 2.39. The summed E-state index contributed by atoms with van der Waals surface area (Å²) < 4.78 is 10.7. The van der Waals surface area contributed by atoms with Crippen molar-refractivity contribution < 1.29 is 13.6 Å². The summed E-state index contributed by atoms with van der Waals surface area (Å²) in [5.74, 6) is 7.57. The molecule has 2 rings (SSSR count). The number of carbonyl (C=O) groups excluding carboxylic acids is 1. The lowest BCUT2D eigenvalue weighted by Crippen LogP contribution is -2.30. The summed E-state index contributed by atoms with van der Waals surface area (Å²) in [7, 11) is 0. The van der Waals surface area contributed by atoms with Gasteiger partial charge in [-0.3, -0.25) is 10.2 Å². The molecule has 0 saturated heterocycles. The molecule has 0 saturated carbocycles. The van der Waals surface area contributed by atoms with Crippen LogP contribution in [0.1, 0.15) is 27.6 Å². The summed E-state index contributed by atoms with van der Waals surface area (Å²) in [4.78, 5) is 12.5. The molecular formula is C12H14N2O3S. The monoisotopic (exact) mass is 266 g/mol. The molecule has 0 aliphatic carbocycles. The summed E-state index contributed by atoms with van der Waals surface area (Å²) in [6, 6.07) is 3.61. The third-order valence-electron chi connectivity index (χ3n) is 2.53. The van der Waals surface area contributed by atoms with E-state index in [1.165, 1.54) is 0 Å². The van der Waals surface area contributed by atoms with Gasteiger partial charge >= 0.3 is 0 Å². The van der Waals surface area contributed by atoms with E-state index >= 15 is 0 Å². The van der Waals surface area contributed by atoms with Gasteiger partial charge in [-0.2, -0.15) is 0 Å². The number of hydrogen-bond donors (Lipinski definition) is 2. The van der Waals surface area contributed by atoms with Gasteiger partial charge in [0.25, 0.3) is 5.91 Å². The van der Waals surface area contributed by atoms with E-state index in [4.69, 9.17) is 14.7 Å². The third kappa shape index (κ3) is 2.60. The zero-order valence-corrected chi connectivity index (χ0v) is 11.0. The molecule has 1 amide bonds. The molecule has 0 radical (unpaired) electrons. The van der Waals surface area contributed by atoms with Crippen LogP contribution in [0.4, 0.5) is 0 Å². The summed E-state index contributed by atoms with van der Waals surface area (Å²) >= 11 is 1.60. The Morgan fingerprint density at radius 2 is 2.22 bits per heavy atom. The van der Waals surface area contributed by atoms with Crippen molar-refractivity contribution in [2.75, 3.05) is 0 Å². The van der Waals surface area contributed by atoms with Crippen molar-refractivity contribution >= 4 is 17.7 Å². The standard InChI is InChI=1S/C12H14N2O3S/c1-7-10(12(15)14-13)5-9(17-7)6-18-11-3-4-16-8(11)2/h3-5H,6,13H2,1-2H3,(H,14,15). The zero-order valence-electron chi connectivity index (χ0n) is 10.1. The summed E-state index contributed by atoms with van der Waals surface area (Å²) in [5, 5.41) is 0. The highest BCUT2D eigenvalue weighted by Gasteiger charge is 2.14. The Kier molecular flexibility index (Phi) is 3.78. The van der Waals surface area contributed by atoms with Crippen molar-refractivity contribution in [1.82, 2.24) is 5.43 Å². The number of rotatable bonds is 4. The van der Waals surface area contributed by atoms with Gasteiger partial charge in [0.15, 0.2) is 0 Å². The molecule has 2 aromatic rings. The van der Waals surface area contributed by atoms with Gasteiger partial charge in [0.05, 0.1) is 17.6 Å². The number of nitrogen functional groups attached to an aromatic ring is 1. The molecule has 0 aromatic carbocycles. The van der Waals surface area contributed by atoms with E-state index in [0.29, 0.717) is 17.1 Å². The van der Waals surface area contributed by atoms with Crippen molar-refractivity contribution in [2.45, 2.75) is 24.5 Å². The van der Waals surface area contributed by atoms with Crippen LogP contribution in [0.3, 0.4) is 0 Å². The highest BCUT2D eigenvalue weighted by Crippen LogP contribution is 2.28. The number of hydrogen-bond acceptors (Lipinski definition) is 5. The topological polar surface area (TPSA) is 81.4 Å². The minimum atomic E-state index is -0.341. The SMILES string of the molecule is Cc1occc1SCc1cc(C(=O)NN)c(C)o1. The van der Waals surface area contributed by atoms with Crippen molar-refractivity contribution in [2.24, 2.45) is 5.84 Å². The number of thioether (sulfide) groups is 1. The lowest BCUT2D eigenvalue weighted by atomic mass is 10.2. The van der Waals surface area contributed by atoms with Crippen LogP contribution in [0.25, 0.3) is 0 Å². The molecule has 96 valence electrons. The largest absolute Gasteiger partial charge is 0.468 e. The first kappa shape index (κ1) is 12.8. The molecule has 3 N–H and O–H groups in total. The predicted molar refractivity (Wildman–Crippen MR) is 68.1 cm³/mol. The molecule has 0 bridgehead atoms. The molecule has 0 fully saturated rings. The lowest BCUT2D eigenvalue weighted by molar-refractivity contribution is 0.0952. The Labute approximate surface area is 109 Å². The average Bonchev–Trinajstić information content (AvgIpc) is 2.92. The Hall–Kier alpha value is -1.66. The average molecular weight is 266 g/mol. The number of hydrazine groups is 1. The second-order valence-electron chi connectivity index (χ2n) is 3.79. The van der Waals surface area contributed by atoms with Crippen LogP contribution in [-0.2, 0) is 5.75 Å². The van der Waals surface area contributed by atoms with Gasteiger partial charge in [-0.1, -0.05) is 0 Å². The van der Waals surface area contributed by atoms with E-state index in [0.717, 1.165) is 16.4 Å². The highest BCUT2D eigenvalue weighted by molar-refractivity contribution is 7.98. The quantitative estimate of drug-likeness (QED) is 0.384. The van der Waals surface area contributed by atoms with E-state index < -0.39 is 0 Å². The smallest absolute Gasteiger partial charge is 0.268 e. The first-order valence-electron chi connectivity index (χ1n) is 5.39. The highest BCUT2D eigenvalue weighted by atomic mass is 32.2. The molecule has 18 heavy (non-hydrogen) atoms. The van der Waals surface area contributed by atoms with Crippen LogP contribution in [-0.4, -0.2) is 5.91 Å². The fraction of sp³-hybridized carbons (Fsp3) is 0.250. The van der Waals surface area contributed by atoms with Gasteiger partial charge in [-0.05, 0) is 26.0 Å². The third-order valence-corrected chi connectivity index (χ3v) is 3.69. The van der Waals surface area contributed by atoms with Gasteiger partial charge in [-0.25, -0.2) is 5.84 Å². The van der Waals surface area contributed by atoms with Crippen molar-refractivity contribution in [3.63, 3.8) is 0 Å². The number of aryl methyl sites for hydroxylation is 2. The normalized spacial score (nSPS) is 10.6. The van der Waals surface area contributed by atoms with Crippen molar-refractivity contribution in [3.05, 3.63) is 41.2 Å². The minimum absolute atomic E-state index is 0.341. The van der Waals surface area contributed by atoms with E-state index in [9.17, 15) is 4.79 Å². The molecule has 2 aromatic heterocycles. The van der Waals surface area contributed by atoms with Gasteiger partial charge in [-0.15, -0.1) is 11.8 Å². The van der Waals surface area contributed by atoms with E-state index in [-0.39, 0.29) is 5.91 Å². The maximum Gasteiger partial charge on any atom is 0.268 e. The molecular weight excluding hydrogens is 252 g/mol. The van der Waals surface area contributed by atoms with Gasteiger partial charge in [0.2, 0.25) is 0 Å². The number of furan rings is 2. The van der Waals surface area contributed by atoms with Crippen LogP contribution in [0, 0.1) is 13.8 Å². The van der Waals surface area contributed by atoms with Crippen molar-refractivity contribution in [3.8, 4) is 0 Å². The maximum absolute atomic E-state index is 11.4. The summed E-state index contributed by atoms with van der Waals surface area (Å²) in [6.07, 6.45) is 1.65. The second-order valence-corrected chi connectivity index (χ2v) is 4.80. The Morgan fingerprint density at radius 3 is 2.83 bits per heavy atom. The molecule has 0 aliphatic heterocycles. The molecule has 0 atom stereocenters. The van der Waals surface area contributed by atoms with E-state index in [1.54, 1.807) is 31.0 Å². The number of nitrogens with two attached hydrogens (primary N) is 1. The van der Waals surface area contributed by atoms with Gasteiger partial charge in [0, 0.05) is 4.90 Å². The van der Waals surface area contributed by atoms with Gasteiger partial charge < -0.3 is 8.83 Å². The molecule has 6 heteroatoms. The molecule has 0 spiro atoms. The molecule has 0 unspecified atom stereocenters. The Bertz CT molecular complexity index is 559. The van der Waals surface area contributed by atoms with E-state index in [1.807, 2.05) is 13.0 Å². The fourth-order valence-electron chi connectivity index (χ4n) is 1.59. The number of nitrogens with one attached hydrogen (secondary N) is 1. The van der Waals surface area contributed by atoms with Crippen LogP contribution in [0.5, 0.6) is 0 Å². The van der Waals surface area contributed by atoms with Crippen molar-refractivity contribution in [1.29, 1.82) is 0 Å². The molecule has 2 heterocycles. The maximum atomic E-state index is 11.4. The molecule has 5 nitrogen and oxygen atoms in total. The first-order valence-corrected chi connectivity index (χ1v) is 6.37. The van der Waals surface area contributed by atoms with Crippen LogP contribution >= 0.6 is 11.8 Å². The molecule has 0 aliphatic rings. The fourth-order valence-corrected chi connectivity index (χ4v) is 2.43. The number of amides is 1. The van der Waals surface area contributed by atoms with E-state index in [2.05, 4.69) is 5.43 Å². The zero-order chi connectivity index (χ0) is 13.1. The van der Waals surface area contributed by atoms with Gasteiger partial charge in [0.1, 0.15) is 17.3 Å². The summed E-state index contributed by atoms with van der Waals surface area (Å²) in [6.45, 7) is 3.64. The van der Waals surface area contributed by atoms with Crippen LogP contribution < -0.4 is 11.3 Å². The Morgan fingerprint density at radius 1 is 1.44 bits per heavy atom. The number of carbonyl (C=O) groups is 1. The Balaban J connectivity index is 2.07. The summed E-state index contributed by atoms with van der Waals surface area (Å²) in [5.41, 5.74) is 2.56. The van der Waals surface area contributed by atoms with Crippen LogP contribution in [0.15, 0.2) is 32.1 Å². The lowest BCUT2D eigenvalue weighted by Gasteiger charge is -1.96. The minimum Gasteiger partial charge on any atom is -0.468 e. The first-order chi connectivity index (χ1) is 8.61. The second kappa shape index (κ2) is 5.32. The van der Waals surface area contributed by atoms with Crippen LogP contribution in [0.2, 0.25) is 0 Å².